The van der Waals surface area contributed by atoms with Crippen LogP contribution in [0.5, 0.6) is 0 Å². The Labute approximate surface area is 143 Å². The number of fused-ring (bicyclic) bond motifs is 3. The van der Waals surface area contributed by atoms with E-state index >= 15 is 0 Å². The molecular weight excluding hydrogens is 294 g/mol. The van der Waals surface area contributed by atoms with Crippen molar-refractivity contribution in [1.82, 2.24) is 14.9 Å². The molecule has 3 nitrogen and oxygen atoms in total. The lowest BCUT2D eigenvalue weighted by molar-refractivity contribution is 0.492. The number of aryl methyl sites for hydroxylation is 4. The van der Waals surface area contributed by atoms with Gasteiger partial charge in [0.15, 0.2) is 0 Å². The van der Waals surface area contributed by atoms with Gasteiger partial charge in [-0.05, 0) is 56.5 Å². The van der Waals surface area contributed by atoms with E-state index in [9.17, 15) is 0 Å². The number of pyridine rings is 1. The van der Waals surface area contributed by atoms with Crippen LogP contribution in [0.15, 0.2) is 36.5 Å². The average Bonchev–Trinajstić information content (AvgIpc) is 2.86. The summed E-state index contributed by atoms with van der Waals surface area (Å²) in [6.45, 7) is 8.50. The number of hydrogen-bond acceptors (Lipinski definition) is 2. The molecule has 24 heavy (non-hydrogen) atoms. The highest BCUT2D eigenvalue weighted by molar-refractivity contribution is 5.86. The minimum absolute atomic E-state index is 0.544. The molecule has 0 amide bonds. The molecule has 4 rings (SSSR count). The van der Waals surface area contributed by atoms with Gasteiger partial charge < -0.3 is 9.88 Å². The fraction of sp³-hybridized carbons (Fsp3) is 0.381. The van der Waals surface area contributed by atoms with Crippen LogP contribution in [-0.2, 0) is 25.9 Å². The van der Waals surface area contributed by atoms with Crippen molar-refractivity contribution in [1.29, 1.82) is 0 Å². The fourth-order valence-corrected chi connectivity index (χ4v) is 3.80. The molecule has 0 radical (unpaired) electrons. The van der Waals surface area contributed by atoms with E-state index in [2.05, 4.69) is 59.0 Å². The van der Waals surface area contributed by atoms with Crippen LogP contribution in [0.2, 0.25) is 0 Å². The van der Waals surface area contributed by atoms with Crippen LogP contribution >= 0.6 is 0 Å². The van der Waals surface area contributed by atoms with Gasteiger partial charge in [-0.2, -0.15) is 0 Å². The van der Waals surface area contributed by atoms with Crippen molar-refractivity contribution in [3.63, 3.8) is 0 Å². The quantitative estimate of drug-likeness (QED) is 0.793. The lowest BCUT2D eigenvalue weighted by Gasteiger charge is -2.23. The van der Waals surface area contributed by atoms with Crippen LogP contribution in [0.4, 0.5) is 0 Å². The van der Waals surface area contributed by atoms with Gasteiger partial charge in [-0.3, -0.25) is 4.98 Å². The van der Waals surface area contributed by atoms with Gasteiger partial charge in [-0.25, -0.2) is 0 Å². The molecule has 1 atom stereocenters. The van der Waals surface area contributed by atoms with Gasteiger partial charge in [0.1, 0.15) is 0 Å². The summed E-state index contributed by atoms with van der Waals surface area (Å²) in [7, 11) is 0. The first-order valence-electron chi connectivity index (χ1n) is 8.87. The lowest BCUT2D eigenvalue weighted by atomic mass is 10.0. The third-order valence-corrected chi connectivity index (χ3v) is 5.17. The zero-order valence-electron chi connectivity index (χ0n) is 14.8. The molecule has 1 N–H and O–H groups in total. The third kappa shape index (κ3) is 2.73. The Morgan fingerprint density at radius 1 is 1.21 bits per heavy atom. The number of nitrogens with zero attached hydrogens (tertiary/aromatic N) is 2. The summed E-state index contributed by atoms with van der Waals surface area (Å²) in [5.41, 5.74) is 8.12. The number of rotatable bonds is 3. The molecule has 1 aliphatic heterocycles. The van der Waals surface area contributed by atoms with Gasteiger partial charge in [0.05, 0.1) is 0 Å². The molecule has 3 heteroatoms. The fourth-order valence-electron chi connectivity index (χ4n) is 3.80. The molecule has 1 unspecified atom stereocenters. The molecule has 124 valence electrons. The van der Waals surface area contributed by atoms with E-state index in [0.29, 0.717) is 6.04 Å². The maximum absolute atomic E-state index is 4.43. The van der Waals surface area contributed by atoms with Crippen molar-refractivity contribution in [2.45, 2.75) is 52.7 Å². The molecule has 0 aliphatic carbocycles. The van der Waals surface area contributed by atoms with Crippen LogP contribution in [0.25, 0.3) is 10.9 Å². The van der Waals surface area contributed by atoms with Gasteiger partial charge >= 0.3 is 0 Å². The normalized spacial score (nSPS) is 17.2. The van der Waals surface area contributed by atoms with E-state index in [1.165, 1.54) is 33.3 Å². The van der Waals surface area contributed by atoms with Crippen molar-refractivity contribution >= 4 is 10.9 Å². The maximum atomic E-state index is 4.43. The highest BCUT2D eigenvalue weighted by Crippen LogP contribution is 2.31. The molecule has 0 bridgehead atoms. The predicted octanol–water partition coefficient (Wildman–Crippen LogP) is 3.93. The first-order valence-corrected chi connectivity index (χ1v) is 8.87. The summed E-state index contributed by atoms with van der Waals surface area (Å²) < 4.78 is 2.54. The zero-order valence-corrected chi connectivity index (χ0v) is 14.8. The molecule has 0 spiro atoms. The monoisotopic (exact) mass is 319 g/mol. The second kappa shape index (κ2) is 6.06. The van der Waals surface area contributed by atoms with E-state index < -0.39 is 0 Å². The van der Waals surface area contributed by atoms with Crippen LogP contribution in [0.1, 0.15) is 35.0 Å². The van der Waals surface area contributed by atoms with E-state index in [1.807, 2.05) is 13.1 Å². The smallest absolute Gasteiger partial charge is 0.0486 e. The highest BCUT2D eigenvalue weighted by Gasteiger charge is 2.22. The minimum Gasteiger partial charge on any atom is -0.344 e. The van der Waals surface area contributed by atoms with E-state index in [1.54, 1.807) is 0 Å². The Hall–Kier alpha value is -2.13. The zero-order chi connectivity index (χ0) is 16.7. The predicted molar refractivity (Wildman–Crippen MR) is 99.4 cm³/mol. The van der Waals surface area contributed by atoms with Crippen LogP contribution in [0, 0.1) is 13.8 Å². The van der Waals surface area contributed by atoms with Crippen molar-refractivity contribution < 1.29 is 0 Å². The molecule has 3 heterocycles. The minimum atomic E-state index is 0.544. The molecule has 2 aromatic heterocycles. The first kappa shape index (κ1) is 15.4. The van der Waals surface area contributed by atoms with Crippen LogP contribution < -0.4 is 5.32 Å². The molecule has 1 aliphatic rings. The Morgan fingerprint density at radius 2 is 2.08 bits per heavy atom. The Kier molecular flexibility index (Phi) is 3.89. The van der Waals surface area contributed by atoms with Crippen molar-refractivity contribution in [3.05, 3.63) is 64.6 Å². The van der Waals surface area contributed by atoms with Gasteiger partial charge in [-0.15, -0.1) is 0 Å². The van der Waals surface area contributed by atoms with E-state index in [-0.39, 0.29) is 0 Å². The Bertz CT molecular complexity index is 874. The largest absolute Gasteiger partial charge is 0.344 e. The third-order valence-electron chi connectivity index (χ3n) is 5.17. The van der Waals surface area contributed by atoms with Gasteiger partial charge in [0, 0.05) is 54.0 Å². The molecule has 0 saturated heterocycles. The molecule has 3 aromatic rings. The van der Waals surface area contributed by atoms with Crippen LogP contribution in [0.3, 0.4) is 0 Å². The summed E-state index contributed by atoms with van der Waals surface area (Å²) in [5.74, 6) is 0. The lowest BCUT2D eigenvalue weighted by Crippen LogP contribution is -2.33. The number of hydrogen-bond donors (Lipinski definition) is 1. The Morgan fingerprint density at radius 3 is 2.88 bits per heavy atom. The van der Waals surface area contributed by atoms with Crippen molar-refractivity contribution in [2.75, 3.05) is 0 Å². The van der Waals surface area contributed by atoms with Gasteiger partial charge in [-0.1, -0.05) is 17.7 Å². The maximum Gasteiger partial charge on any atom is 0.0486 e. The molecule has 1 aromatic carbocycles. The van der Waals surface area contributed by atoms with Gasteiger partial charge in [0.2, 0.25) is 0 Å². The standard InChI is InChI=1S/C21H25N3/c1-14-4-7-20-18(10-14)19-13-23-16(3)11-21(19)24(20)9-8-17-6-5-15(2)22-12-17/h4-7,10,12,16,23H,8-9,11,13H2,1-3H3. The highest BCUT2D eigenvalue weighted by atomic mass is 15.0. The number of benzene rings is 1. The molecule has 0 fully saturated rings. The number of nitrogens with one attached hydrogen (secondary N) is 1. The second-order valence-electron chi connectivity index (χ2n) is 7.14. The summed E-state index contributed by atoms with van der Waals surface area (Å²) >= 11 is 0. The topological polar surface area (TPSA) is 29.9 Å². The van der Waals surface area contributed by atoms with Crippen molar-refractivity contribution in [3.8, 4) is 0 Å². The Balaban J connectivity index is 1.73. The summed E-state index contributed by atoms with van der Waals surface area (Å²) in [4.78, 5) is 4.43. The van der Waals surface area contributed by atoms with E-state index in [4.69, 9.17) is 0 Å². The second-order valence-corrected chi connectivity index (χ2v) is 7.14. The van der Waals surface area contributed by atoms with Crippen LogP contribution in [-0.4, -0.2) is 15.6 Å². The molecule has 0 saturated carbocycles. The first-order chi connectivity index (χ1) is 11.6. The van der Waals surface area contributed by atoms with Crippen molar-refractivity contribution in [2.24, 2.45) is 0 Å². The summed E-state index contributed by atoms with van der Waals surface area (Å²) in [6.07, 6.45) is 4.15. The van der Waals surface area contributed by atoms with E-state index in [0.717, 1.165) is 31.6 Å². The average molecular weight is 319 g/mol. The summed E-state index contributed by atoms with van der Waals surface area (Å²) in [6, 6.07) is 11.7. The molecular formula is C21H25N3. The van der Waals surface area contributed by atoms with Gasteiger partial charge in [0.25, 0.3) is 0 Å². The summed E-state index contributed by atoms with van der Waals surface area (Å²) in [5, 5.41) is 5.04. The number of aromatic nitrogens is 2. The SMILES string of the molecule is Cc1ccc2c(c1)c1c(n2CCc2ccc(C)nc2)CC(C)NC1.